The zero-order chi connectivity index (χ0) is 11.5. The largest absolute Gasteiger partial charge is 0.388 e. The smallest absolute Gasteiger partial charge is 0.0788 e. The summed E-state index contributed by atoms with van der Waals surface area (Å²) in [6.07, 6.45) is 0.700. The van der Waals surface area contributed by atoms with E-state index in [1.807, 2.05) is 25.1 Å². The second-order valence-electron chi connectivity index (χ2n) is 3.83. The molecular formula is C11H15BrClNO. The molecule has 1 aromatic carbocycles. The number of halogens is 2. The maximum atomic E-state index is 9.83. The van der Waals surface area contributed by atoms with E-state index in [0.717, 1.165) is 10.2 Å². The first kappa shape index (κ1) is 12.8. The normalized spacial score (nSPS) is 14.7. The summed E-state index contributed by atoms with van der Waals surface area (Å²) in [6.45, 7) is 4.23. The summed E-state index contributed by atoms with van der Waals surface area (Å²) < 4.78 is 0.963. The van der Waals surface area contributed by atoms with Gasteiger partial charge < -0.3 is 10.4 Å². The quantitative estimate of drug-likeness (QED) is 0.887. The summed E-state index contributed by atoms with van der Waals surface area (Å²) in [5.41, 5.74) is 0.130. The Kier molecular flexibility index (Phi) is 4.44. The minimum Gasteiger partial charge on any atom is -0.388 e. The fourth-order valence-corrected chi connectivity index (χ4v) is 1.59. The third-order valence-corrected chi connectivity index (χ3v) is 3.17. The number of benzene rings is 1. The molecule has 0 amide bonds. The molecule has 0 aliphatic rings. The van der Waals surface area contributed by atoms with E-state index in [9.17, 15) is 5.11 Å². The lowest BCUT2D eigenvalue weighted by Crippen LogP contribution is -2.32. The van der Waals surface area contributed by atoms with Gasteiger partial charge in [-0.05, 0) is 31.5 Å². The van der Waals surface area contributed by atoms with Gasteiger partial charge in [0.05, 0.1) is 16.3 Å². The molecule has 0 aliphatic carbocycles. The summed E-state index contributed by atoms with van der Waals surface area (Å²) in [4.78, 5) is 0. The molecule has 0 saturated carbocycles. The van der Waals surface area contributed by atoms with E-state index in [2.05, 4.69) is 21.2 Å². The molecule has 15 heavy (non-hydrogen) atoms. The first-order chi connectivity index (χ1) is 6.94. The van der Waals surface area contributed by atoms with E-state index < -0.39 is 5.60 Å². The highest BCUT2D eigenvalue weighted by molar-refractivity contribution is 9.10. The molecule has 84 valence electrons. The predicted molar refractivity (Wildman–Crippen MR) is 68.6 cm³/mol. The van der Waals surface area contributed by atoms with Crippen LogP contribution in [0.1, 0.15) is 20.3 Å². The lowest BCUT2D eigenvalue weighted by atomic mass is 10.0. The average molecular weight is 293 g/mol. The molecule has 1 atom stereocenters. The van der Waals surface area contributed by atoms with Crippen molar-refractivity contribution in [2.75, 3.05) is 11.9 Å². The summed E-state index contributed by atoms with van der Waals surface area (Å²) in [5.74, 6) is 0. The van der Waals surface area contributed by atoms with Gasteiger partial charge in [0, 0.05) is 11.0 Å². The number of nitrogens with one attached hydrogen (secondary N) is 1. The van der Waals surface area contributed by atoms with Crippen molar-refractivity contribution in [3.8, 4) is 0 Å². The molecule has 0 heterocycles. The molecule has 1 aromatic rings. The van der Waals surface area contributed by atoms with Crippen LogP contribution in [0.15, 0.2) is 22.7 Å². The van der Waals surface area contributed by atoms with Crippen molar-refractivity contribution < 1.29 is 5.11 Å². The van der Waals surface area contributed by atoms with E-state index >= 15 is 0 Å². The Bertz CT molecular complexity index is 341. The third-order valence-electron chi connectivity index (χ3n) is 2.35. The van der Waals surface area contributed by atoms with Crippen LogP contribution in [0.3, 0.4) is 0 Å². The lowest BCUT2D eigenvalue weighted by molar-refractivity contribution is 0.0697. The van der Waals surface area contributed by atoms with Crippen LogP contribution in [0.25, 0.3) is 0 Å². The molecule has 1 rings (SSSR count). The molecule has 0 radical (unpaired) electrons. The highest BCUT2D eigenvalue weighted by Gasteiger charge is 2.17. The van der Waals surface area contributed by atoms with Crippen molar-refractivity contribution in [1.29, 1.82) is 0 Å². The monoisotopic (exact) mass is 291 g/mol. The molecule has 4 heteroatoms. The Morgan fingerprint density at radius 1 is 1.53 bits per heavy atom. The Morgan fingerprint density at radius 2 is 2.20 bits per heavy atom. The number of hydrogen-bond donors (Lipinski definition) is 2. The Hall–Kier alpha value is -0.250. The number of anilines is 1. The van der Waals surface area contributed by atoms with Gasteiger partial charge >= 0.3 is 0 Å². The minimum atomic E-state index is -0.703. The number of hydrogen-bond acceptors (Lipinski definition) is 2. The van der Waals surface area contributed by atoms with Crippen LogP contribution in [0, 0.1) is 0 Å². The fraction of sp³-hybridized carbons (Fsp3) is 0.455. The standard InChI is InChI=1S/C11H15BrClNO/c1-3-11(2,15)7-14-10-6-8(12)4-5-9(10)13/h4-6,14-15H,3,7H2,1-2H3. The van der Waals surface area contributed by atoms with Gasteiger partial charge in [-0.15, -0.1) is 0 Å². The van der Waals surface area contributed by atoms with Crippen molar-refractivity contribution in [3.63, 3.8) is 0 Å². The number of rotatable bonds is 4. The van der Waals surface area contributed by atoms with E-state index in [4.69, 9.17) is 11.6 Å². The molecule has 1 unspecified atom stereocenters. The van der Waals surface area contributed by atoms with E-state index in [0.29, 0.717) is 18.0 Å². The summed E-state index contributed by atoms with van der Waals surface area (Å²) in [6, 6.07) is 5.59. The lowest BCUT2D eigenvalue weighted by Gasteiger charge is -2.22. The van der Waals surface area contributed by atoms with Crippen molar-refractivity contribution in [1.82, 2.24) is 0 Å². The Labute approximate surface area is 104 Å². The minimum absolute atomic E-state index is 0.486. The zero-order valence-electron chi connectivity index (χ0n) is 8.85. The van der Waals surface area contributed by atoms with E-state index in [-0.39, 0.29) is 0 Å². The highest BCUT2D eigenvalue weighted by atomic mass is 79.9. The second kappa shape index (κ2) is 5.19. The second-order valence-corrected chi connectivity index (χ2v) is 5.15. The van der Waals surface area contributed by atoms with Gasteiger partial charge in [0.25, 0.3) is 0 Å². The van der Waals surface area contributed by atoms with Gasteiger partial charge in [-0.25, -0.2) is 0 Å². The average Bonchev–Trinajstić information content (AvgIpc) is 2.20. The summed E-state index contributed by atoms with van der Waals surface area (Å²) in [5, 5.41) is 13.6. The van der Waals surface area contributed by atoms with Crippen LogP contribution in [0.2, 0.25) is 5.02 Å². The van der Waals surface area contributed by atoms with Crippen LogP contribution >= 0.6 is 27.5 Å². The molecule has 0 fully saturated rings. The molecule has 2 N–H and O–H groups in total. The maximum Gasteiger partial charge on any atom is 0.0788 e. The predicted octanol–water partition coefficient (Wildman–Crippen LogP) is 3.68. The van der Waals surface area contributed by atoms with Crippen LogP contribution in [-0.2, 0) is 0 Å². The first-order valence-electron chi connectivity index (χ1n) is 4.86. The maximum absolute atomic E-state index is 9.83. The van der Waals surface area contributed by atoms with E-state index in [1.165, 1.54) is 0 Å². The third kappa shape index (κ3) is 4.01. The molecule has 0 aromatic heterocycles. The topological polar surface area (TPSA) is 32.3 Å². The summed E-state index contributed by atoms with van der Waals surface area (Å²) in [7, 11) is 0. The van der Waals surface area contributed by atoms with Crippen molar-refractivity contribution >= 4 is 33.2 Å². The molecule has 0 bridgehead atoms. The SMILES string of the molecule is CCC(C)(O)CNc1cc(Br)ccc1Cl. The molecular weight excluding hydrogens is 277 g/mol. The van der Waals surface area contributed by atoms with Crippen molar-refractivity contribution in [2.45, 2.75) is 25.9 Å². The van der Waals surface area contributed by atoms with Gasteiger partial charge in [-0.3, -0.25) is 0 Å². The van der Waals surface area contributed by atoms with E-state index in [1.54, 1.807) is 6.92 Å². The van der Waals surface area contributed by atoms with Gasteiger partial charge in [-0.1, -0.05) is 34.5 Å². The van der Waals surface area contributed by atoms with Crippen LogP contribution < -0.4 is 5.32 Å². The first-order valence-corrected chi connectivity index (χ1v) is 6.03. The van der Waals surface area contributed by atoms with Gasteiger partial charge in [0.1, 0.15) is 0 Å². The van der Waals surface area contributed by atoms with Gasteiger partial charge in [0.15, 0.2) is 0 Å². The fourth-order valence-electron chi connectivity index (χ4n) is 1.04. The molecule has 0 aliphatic heterocycles. The zero-order valence-corrected chi connectivity index (χ0v) is 11.2. The summed E-state index contributed by atoms with van der Waals surface area (Å²) >= 11 is 9.38. The Balaban J connectivity index is 2.69. The van der Waals surface area contributed by atoms with Crippen LogP contribution in [0.4, 0.5) is 5.69 Å². The van der Waals surface area contributed by atoms with Crippen LogP contribution in [-0.4, -0.2) is 17.3 Å². The molecule has 2 nitrogen and oxygen atoms in total. The van der Waals surface area contributed by atoms with Crippen molar-refractivity contribution in [3.05, 3.63) is 27.7 Å². The van der Waals surface area contributed by atoms with Crippen molar-refractivity contribution in [2.24, 2.45) is 0 Å². The molecule has 0 spiro atoms. The number of aliphatic hydroxyl groups is 1. The van der Waals surface area contributed by atoms with Gasteiger partial charge in [0.2, 0.25) is 0 Å². The van der Waals surface area contributed by atoms with Gasteiger partial charge in [-0.2, -0.15) is 0 Å². The molecule has 0 saturated heterocycles. The van der Waals surface area contributed by atoms with Crippen LogP contribution in [0.5, 0.6) is 0 Å². The highest BCUT2D eigenvalue weighted by Crippen LogP contribution is 2.26. The Morgan fingerprint density at radius 3 is 2.80 bits per heavy atom.